The predicted molar refractivity (Wildman–Crippen MR) is 121 cm³/mol. The van der Waals surface area contributed by atoms with E-state index in [1.165, 1.54) is 31.2 Å². The first kappa shape index (κ1) is 22.7. The van der Waals surface area contributed by atoms with Crippen molar-refractivity contribution in [2.75, 3.05) is 5.32 Å². The number of hydrogen-bond donors (Lipinski definition) is 2. The summed E-state index contributed by atoms with van der Waals surface area (Å²) in [5, 5.41) is 3.11. The summed E-state index contributed by atoms with van der Waals surface area (Å²) in [6, 6.07) is 20.2. The molecule has 8 heteroatoms. The van der Waals surface area contributed by atoms with Gasteiger partial charge in [-0.3, -0.25) is 9.59 Å². The van der Waals surface area contributed by atoms with E-state index >= 15 is 0 Å². The topological polar surface area (TPSA) is 92.3 Å². The zero-order valence-corrected chi connectivity index (χ0v) is 18.3. The third-order valence-corrected chi connectivity index (χ3v) is 6.30. The molecule has 0 spiro atoms. The maximum absolute atomic E-state index is 13.0. The van der Waals surface area contributed by atoms with Gasteiger partial charge in [0.2, 0.25) is 15.9 Å². The van der Waals surface area contributed by atoms with Gasteiger partial charge in [-0.25, -0.2) is 8.42 Å². The average molecular weight is 457 g/mol. The van der Waals surface area contributed by atoms with Crippen molar-refractivity contribution in [3.8, 4) is 0 Å². The Labute approximate surface area is 186 Å². The second-order valence-corrected chi connectivity index (χ2v) is 9.09. The van der Waals surface area contributed by atoms with Gasteiger partial charge >= 0.3 is 0 Å². The second-order valence-electron chi connectivity index (χ2n) is 6.94. The van der Waals surface area contributed by atoms with E-state index in [0.29, 0.717) is 16.3 Å². The van der Waals surface area contributed by atoms with Crippen molar-refractivity contribution in [3.63, 3.8) is 0 Å². The third-order valence-electron chi connectivity index (χ3n) is 4.56. The van der Waals surface area contributed by atoms with Crippen LogP contribution in [0.5, 0.6) is 0 Å². The highest BCUT2D eigenvalue weighted by molar-refractivity contribution is 7.89. The Balaban J connectivity index is 1.86. The van der Waals surface area contributed by atoms with Crippen molar-refractivity contribution in [2.24, 2.45) is 0 Å². The number of Topliss-reactive ketones (excluding diaryl/α,β-unsaturated/α-hetero) is 1. The van der Waals surface area contributed by atoms with Crippen molar-refractivity contribution < 1.29 is 18.0 Å². The highest BCUT2D eigenvalue weighted by Crippen LogP contribution is 2.17. The van der Waals surface area contributed by atoms with Crippen LogP contribution in [0.15, 0.2) is 83.8 Å². The summed E-state index contributed by atoms with van der Waals surface area (Å²) in [4.78, 5) is 24.6. The van der Waals surface area contributed by atoms with Crippen LogP contribution in [-0.4, -0.2) is 26.2 Å². The molecule has 0 heterocycles. The molecular formula is C23H21ClN2O4S. The molecule has 0 saturated carbocycles. The van der Waals surface area contributed by atoms with Gasteiger partial charge in [0, 0.05) is 16.3 Å². The van der Waals surface area contributed by atoms with Crippen LogP contribution < -0.4 is 10.0 Å². The van der Waals surface area contributed by atoms with Crippen LogP contribution in [-0.2, 0) is 21.2 Å². The SMILES string of the molecule is CC(=O)c1cccc(NC(=O)C(Cc2ccccc2)NS(=O)(=O)c2ccc(Cl)cc2)c1. The monoisotopic (exact) mass is 456 g/mol. The van der Waals surface area contributed by atoms with Gasteiger partial charge in [-0.15, -0.1) is 0 Å². The number of rotatable bonds is 8. The molecule has 0 aliphatic carbocycles. The van der Waals surface area contributed by atoms with Gasteiger partial charge in [-0.05, 0) is 55.3 Å². The molecule has 0 bridgehead atoms. The van der Waals surface area contributed by atoms with Crippen molar-refractivity contribution in [2.45, 2.75) is 24.3 Å². The summed E-state index contributed by atoms with van der Waals surface area (Å²) in [7, 11) is -3.98. The lowest BCUT2D eigenvalue weighted by molar-refractivity contribution is -0.117. The number of carbonyl (C=O) groups is 2. The first-order valence-electron chi connectivity index (χ1n) is 9.48. The highest BCUT2D eigenvalue weighted by Gasteiger charge is 2.26. The molecule has 160 valence electrons. The van der Waals surface area contributed by atoms with Crippen LogP contribution >= 0.6 is 11.6 Å². The molecule has 6 nitrogen and oxygen atoms in total. The molecule has 3 rings (SSSR count). The molecule has 0 aromatic heterocycles. The van der Waals surface area contributed by atoms with Crippen LogP contribution in [0.1, 0.15) is 22.8 Å². The van der Waals surface area contributed by atoms with Gasteiger partial charge in [0.05, 0.1) is 4.90 Å². The first-order valence-corrected chi connectivity index (χ1v) is 11.3. The minimum atomic E-state index is -3.98. The van der Waals surface area contributed by atoms with Gasteiger partial charge in [0.25, 0.3) is 0 Å². The van der Waals surface area contributed by atoms with Gasteiger partial charge in [0.15, 0.2) is 5.78 Å². The quantitative estimate of drug-likeness (QED) is 0.500. The first-order chi connectivity index (χ1) is 14.7. The summed E-state index contributed by atoms with van der Waals surface area (Å²) in [6.07, 6.45) is 0.145. The molecular weight excluding hydrogens is 436 g/mol. The summed E-state index contributed by atoms with van der Waals surface area (Å²) >= 11 is 5.85. The summed E-state index contributed by atoms with van der Waals surface area (Å²) < 4.78 is 28.2. The van der Waals surface area contributed by atoms with Crippen molar-refractivity contribution in [3.05, 3.63) is 95.0 Å². The number of benzene rings is 3. The van der Waals surface area contributed by atoms with Crippen molar-refractivity contribution >= 4 is 39.0 Å². The van der Waals surface area contributed by atoms with Gasteiger partial charge in [-0.2, -0.15) is 4.72 Å². The molecule has 3 aromatic rings. The van der Waals surface area contributed by atoms with E-state index in [9.17, 15) is 18.0 Å². The van der Waals surface area contributed by atoms with E-state index in [1.54, 1.807) is 24.3 Å². The number of nitrogens with one attached hydrogen (secondary N) is 2. The predicted octanol–water partition coefficient (Wildman–Crippen LogP) is 4.07. The van der Waals surface area contributed by atoms with E-state index in [1.807, 2.05) is 30.3 Å². The Morgan fingerprint density at radius 2 is 1.61 bits per heavy atom. The summed E-state index contributed by atoms with van der Waals surface area (Å²) in [5.41, 5.74) is 1.64. The number of ketones is 1. The second kappa shape index (κ2) is 9.87. The van der Waals surface area contributed by atoms with Gasteiger partial charge in [0.1, 0.15) is 6.04 Å². The highest BCUT2D eigenvalue weighted by atomic mass is 35.5. The molecule has 0 saturated heterocycles. The number of sulfonamides is 1. The fraction of sp³-hybridized carbons (Fsp3) is 0.130. The maximum atomic E-state index is 13.0. The molecule has 1 unspecified atom stereocenters. The zero-order valence-electron chi connectivity index (χ0n) is 16.7. The Morgan fingerprint density at radius 3 is 2.26 bits per heavy atom. The molecule has 3 aromatic carbocycles. The zero-order chi connectivity index (χ0) is 22.4. The number of halogens is 1. The fourth-order valence-corrected chi connectivity index (χ4v) is 4.27. The number of amides is 1. The normalized spacial score (nSPS) is 12.2. The molecule has 2 N–H and O–H groups in total. The van der Waals surface area contributed by atoms with Crippen LogP contribution in [0.3, 0.4) is 0 Å². The minimum Gasteiger partial charge on any atom is -0.325 e. The molecule has 31 heavy (non-hydrogen) atoms. The van der Waals surface area contributed by atoms with Crippen molar-refractivity contribution in [1.82, 2.24) is 4.72 Å². The fourth-order valence-electron chi connectivity index (χ4n) is 2.95. The van der Waals surface area contributed by atoms with Gasteiger partial charge in [-0.1, -0.05) is 54.1 Å². The Morgan fingerprint density at radius 1 is 0.935 bits per heavy atom. The lowest BCUT2D eigenvalue weighted by Gasteiger charge is -2.19. The smallest absolute Gasteiger partial charge is 0.242 e. The lowest BCUT2D eigenvalue weighted by atomic mass is 10.1. The molecule has 0 fully saturated rings. The molecule has 0 radical (unpaired) electrons. The number of anilines is 1. The molecule has 1 amide bonds. The van der Waals surface area contributed by atoms with Crippen LogP contribution in [0, 0.1) is 0 Å². The minimum absolute atomic E-state index is 0.00124. The van der Waals surface area contributed by atoms with Gasteiger partial charge < -0.3 is 5.32 Å². The summed E-state index contributed by atoms with van der Waals surface area (Å²) in [6.45, 7) is 1.43. The molecule has 0 aliphatic rings. The number of carbonyl (C=O) groups excluding carboxylic acids is 2. The third kappa shape index (κ3) is 6.24. The lowest BCUT2D eigenvalue weighted by Crippen LogP contribution is -2.45. The van der Waals surface area contributed by atoms with Crippen LogP contribution in [0.2, 0.25) is 5.02 Å². The Bertz CT molecular complexity index is 1180. The van der Waals surface area contributed by atoms with E-state index in [4.69, 9.17) is 11.6 Å². The number of hydrogen-bond acceptors (Lipinski definition) is 4. The summed E-state index contributed by atoms with van der Waals surface area (Å²) in [5.74, 6) is -0.678. The van der Waals surface area contributed by atoms with Crippen LogP contribution in [0.25, 0.3) is 0 Å². The average Bonchev–Trinajstić information content (AvgIpc) is 2.74. The van der Waals surface area contributed by atoms with Crippen LogP contribution in [0.4, 0.5) is 5.69 Å². The Kier molecular flexibility index (Phi) is 7.22. The standard InChI is InChI=1S/C23H21ClN2O4S/c1-16(27)18-8-5-9-20(15-18)25-23(28)22(14-17-6-3-2-4-7-17)26-31(29,30)21-12-10-19(24)11-13-21/h2-13,15,22,26H,14H2,1H3,(H,25,28). The van der Waals surface area contributed by atoms with Crippen molar-refractivity contribution in [1.29, 1.82) is 0 Å². The Hall–Kier alpha value is -3.00. The molecule has 1 atom stereocenters. The van der Waals surface area contributed by atoms with E-state index in [2.05, 4.69) is 10.0 Å². The van der Waals surface area contributed by atoms with E-state index < -0.39 is 22.0 Å². The van der Waals surface area contributed by atoms with E-state index in [0.717, 1.165) is 5.56 Å². The van der Waals surface area contributed by atoms with E-state index in [-0.39, 0.29) is 17.1 Å². The largest absolute Gasteiger partial charge is 0.325 e. The maximum Gasteiger partial charge on any atom is 0.242 e. The molecule has 0 aliphatic heterocycles.